The zero-order valence-electron chi connectivity index (χ0n) is 18.9. The molecule has 0 aliphatic heterocycles. The summed E-state index contributed by atoms with van der Waals surface area (Å²) < 4.78 is 0. The average Bonchev–Trinajstić information content (AvgIpc) is 2.76. The van der Waals surface area contributed by atoms with Crippen LogP contribution in [-0.4, -0.2) is 28.8 Å². The molecule has 0 fully saturated rings. The Bertz CT molecular complexity index is 1040. The van der Waals surface area contributed by atoms with Crippen LogP contribution in [0.4, 0.5) is 0 Å². The van der Waals surface area contributed by atoms with Crippen molar-refractivity contribution in [2.45, 2.75) is 59.2 Å². The maximum absolute atomic E-state index is 13.3. The fraction of sp³-hybridized carbons (Fsp3) is 0.333. The van der Waals surface area contributed by atoms with Crippen LogP contribution in [0.25, 0.3) is 10.8 Å². The fourth-order valence-electron chi connectivity index (χ4n) is 3.77. The summed E-state index contributed by atoms with van der Waals surface area (Å²) in [6, 6.07) is 22.0. The highest BCUT2D eigenvalue weighted by Gasteiger charge is 2.26. The molecule has 0 spiro atoms. The molecule has 0 bridgehead atoms. The summed E-state index contributed by atoms with van der Waals surface area (Å²) in [5.74, 6) is -0.138. The minimum Gasteiger partial charge on any atom is -0.352 e. The maximum Gasteiger partial charge on any atom is 0.242 e. The number of hydrogen-bond donors (Lipinski definition) is 1. The monoisotopic (exact) mass is 416 g/mol. The zero-order valence-corrected chi connectivity index (χ0v) is 18.9. The standard InChI is InChI=1S/C27H32N2O2/c1-19(2)28-27(31)21(4)29(18-22-14-12-20(3)13-15-22)26(30)17-16-24-10-7-9-23-8-5-6-11-25(23)24/h5-15,19,21H,16-18H2,1-4H3,(H,28,31). The van der Waals surface area contributed by atoms with E-state index in [0.717, 1.165) is 11.1 Å². The van der Waals surface area contributed by atoms with Gasteiger partial charge in [-0.3, -0.25) is 9.59 Å². The van der Waals surface area contributed by atoms with Gasteiger partial charge in [-0.1, -0.05) is 72.3 Å². The Balaban J connectivity index is 1.78. The lowest BCUT2D eigenvalue weighted by Crippen LogP contribution is -2.49. The largest absolute Gasteiger partial charge is 0.352 e. The Kier molecular flexibility index (Phi) is 7.45. The van der Waals surface area contributed by atoms with Gasteiger partial charge in [0.05, 0.1) is 0 Å². The zero-order chi connectivity index (χ0) is 22.4. The van der Waals surface area contributed by atoms with E-state index >= 15 is 0 Å². The molecular formula is C27H32N2O2. The Morgan fingerprint density at radius 3 is 2.29 bits per heavy atom. The molecule has 0 saturated heterocycles. The van der Waals surface area contributed by atoms with E-state index in [1.54, 1.807) is 4.90 Å². The van der Waals surface area contributed by atoms with Gasteiger partial charge in [0.2, 0.25) is 11.8 Å². The molecule has 0 aromatic heterocycles. The Morgan fingerprint density at radius 2 is 1.58 bits per heavy atom. The van der Waals surface area contributed by atoms with Gasteiger partial charge < -0.3 is 10.2 Å². The molecule has 31 heavy (non-hydrogen) atoms. The molecule has 3 aromatic carbocycles. The first-order valence-electron chi connectivity index (χ1n) is 11.0. The van der Waals surface area contributed by atoms with Crippen LogP contribution in [0, 0.1) is 6.92 Å². The van der Waals surface area contributed by atoms with Gasteiger partial charge in [0, 0.05) is 19.0 Å². The van der Waals surface area contributed by atoms with E-state index in [0.29, 0.717) is 19.4 Å². The van der Waals surface area contributed by atoms with Crippen LogP contribution in [0.3, 0.4) is 0 Å². The van der Waals surface area contributed by atoms with Gasteiger partial charge in [-0.05, 0) is 56.0 Å². The third-order valence-electron chi connectivity index (χ3n) is 5.56. The summed E-state index contributed by atoms with van der Waals surface area (Å²) in [5.41, 5.74) is 3.34. The molecule has 3 rings (SSSR count). The van der Waals surface area contributed by atoms with Crippen molar-refractivity contribution in [1.29, 1.82) is 0 Å². The normalized spacial score (nSPS) is 12.0. The minimum atomic E-state index is -0.538. The summed E-state index contributed by atoms with van der Waals surface area (Å²) in [6.07, 6.45) is 1.00. The molecule has 4 heteroatoms. The first-order valence-corrected chi connectivity index (χ1v) is 11.0. The molecular weight excluding hydrogens is 384 g/mol. The second-order valence-electron chi connectivity index (χ2n) is 8.48. The van der Waals surface area contributed by atoms with Crippen molar-refractivity contribution in [2.75, 3.05) is 0 Å². The fourth-order valence-corrected chi connectivity index (χ4v) is 3.77. The molecule has 0 aliphatic carbocycles. The molecule has 0 saturated carbocycles. The summed E-state index contributed by atoms with van der Waals surface area (Å²) in [4.78, 5) is 27.7. The molecule has 4 nitrogen and oxygen atoms in total. The van der Waals surface area contributed by atoms with Crippen LogP contribution in [0.15, 0.2) is 66.7 Å². The van der Waals surface area contributed by atoms with Crippen molar-refractivity contribution < 1.29 is 9.59 Å². The molecule has 1 N–H and O–H groups in total. The lowest BCUT2D eigenvalue weighted by Gasteiger charge is -2.29. The number of carbonyl (C=O) groups excluding carboxylic acids is 2. The van der Waals surface area contributed by atoms with Gasteiger partial charge in [-0.25, -0.2) is 0 Å². The molecule has 0 radical (unpaired) electrons. The first-order chi connectivity index (χ1) is 14.8. The molecule has 1 atom stereocenters. The third-order valence-corrected chi connectivity index (χ3v) is 5.56. The van der Waals surface area contributed by atoms with E-state index in [-0.39, 0.29) is 17.9 Å². The lowest BCUT2D eigenvalue weighted by molar-refractivity contribution is -0.140. The van der Waals surface area contributed by atoms with E-state index in [1.165, 1.54) is 16.3 Å². The number of rotatable bonds is 8. The molecule has 1 unspecified atom stereocenters. The minimum absolute atomic E-state index is 0.0140. The van der Waals surface area contributed by atoms with E-state index in [4.69, 9.17) is 0 Å². The second-order valence-corrected chi connectivity index (χ2v) is 8.48. The van der Waals surface area contributed by atoms with Crippen molar-refractivity contribution in [1.82, 2.24) is 10.2 Å². The SMILES string of the molecule is Cc1ccc(CN(C(=O)CCc2cccc3ccccc23)C(C)C(=O)NC(C)C)cc1. The number of carbonyl (C=O) groups is 2. The number of hydrogen-bond acceptors (Lipinski definition) is 2. The molecule has 3 aromatic rings. The van der Waals surface area contributed by atoms with Crippen LogP contribution >= 0.6 is 0 Å². The molecule has 2 amide bonds. The Morgan fingerprint density at radius 1 is 0.903 bits per heavy atom. The Labute approximate surface area is 185 Å². The van der Waals surface area contributed by atoms with Crippen molar-refractivity contribution in [2.24, 2.45) is 0 Å². The van der Waals surface area contributed by atoms with Crippen LogP contribution in [0.1, 0.15) is 43.9 Å². The lowest BCUT2D eigenvalue weighted by atomic mass is 10.0. The van der Waals surface area contributed by atoms with Crippen molar-refractivity contribution in [3.63, 3.8) is 0 Å². The maximum atomic E-state index is 13.3. The van der Waals surface area contributed by atoms with Crippen LogP contribution < -0.4 is 5.32 Å². The number of amides is 2. The van der Waals surface area contributed by atoms with Crippen molar-refractivity contribution >= 4 is 22.6 Å². The highest BCUT2D eigenvalue weighted by atomic mass is 16.2. The van der Waals surface area contributed by atoms with E-state index < -0.39 is 6.04 Å². The molecule has 0 heterocycles. The van der Waals surface area contributed by atoms with Gasteiger partial charge in [0.1, 0.15) is 6.04 Å². The third kappa shape index (κ3) is 5.94. The van der Waals surface area contributed by atoms with E-state index in [9.17, 15) is 9.59 Å². The summed E-state index contributed by atoms with van der Waals surface area (Å²) in [6.45, 7) is 8.12. The summed E-state index contributed by atoms with van der Waals surface area (Å²) in [7, 11) is 0. The second kappa shape index (κ2) is 10.3. The van der Waals surface area contributed by atoms with Gasteiger partial charge in [0.15, 0.2) is 0 Å². The van der Waals surface area contributed by atoms with Crippen LogP contribution in [0.2, 0.25) is 0 Å². The number of nitrogens with one attached hydrogen (secondary N) is 1. The predicted molar refractivity (Wildman–Crippen MR) is 127 cm³/mol. The highest BCUT2D eigenvalue weighted by Crippen LogP contribution is 2.21. The van der Waals surface area contributed by atoms with Crippen molar-refractivity contribution in [3.8, 4) is 0 Å². The van der Waals surface area contributed by atoms with Crippen LogP contribution in [0.5, 0.6) is 0 Å². The van der Waals surface area contributed by atoms with Gasteiger partial charge in [-0.15, -0.1) is 0 Å². The van der Waals surface area contributed by atoms with E-state index in [1.807, 2.05) is 70.2 Å². The highest BCUT2D eigenvalue weighted by molar-refractivity contribution is 5.89. The number of aryl methyl sites for hydroxylation is 2. The van der Waals surface area contributed by atoms with Gasteiger partial charge >= 0.3 is 0 Å². The summed E-state index contributed by atoms with van der Waals surface area (Å²) >= 11 is 0. The van der Waals surface area contributed by atoms with E-state index in [2.05, 4.69) is 29.6 Å². The van der Waals surface area contributed by atoms with Crippen molar-refractivity contribution in [3.05, 3.63) is 83.4 Å². The quantitative estimate of drug-likeness (QED) is 0.560. The molecule has 0 aliphatic rings. The average molecular weight is 417 g/mol. The Hall–Kier alpha value is -3.14. The molecule has 162 valence electrons. The van der Waals surface area contributed by atoms with Gasteiger partial charge in [-0.2, -0.15) is 0 Å². The first kappa shape index (κ1) is 22.5. The number of nitrogens with zero attached hydrogens (tertiary/aromatic N) is 1. The number of benzene rings is 3. The van der Waals surface area contributed by atoms with Gasteiger partial charge in [0.25, 0.3) is 0 Å². The smallest absolute Gasteiger partial charge is 0.242 e. The van der Waals surface area contributed by atoms with Crippen LogP contribution in [-0.2, 0) is 22.6 Å². The number of fused-ring (bicyclic) bond motifs is 1. The summed E-state index contributed by atoms with van der Waals surface area (Å²) in [5, 5.41) is 5.29. The topological polar surface area (TPSA) is 49.4 Å². The predicted octanol–water partition coefficient (Wildman–Crippen LogP) is 5.02.